The van der Waals surface area contributed by atoms with Crippen LogP contribution in [0.4, 0.5) is 5.95 Å². The normalized spacial score (nSPS) is 17.6. The number of benzene rings is 3. The van der Waals surface area contributed by atoms with E-state index in [-0.39, 0.29) is 48.8 Å². The van der Waals surface area contributed by atoms with Crippen molar-refractivity contribution in [2.75, 3.05) is 26.6 Å². The standard InChI is InChI=1S/C36H37N5O8/c1-22(42)9-18-31(43)49-28-19-30(41-21-38-32-33(41)39-35(37)40-34(32)44)48-29(28)20-47-36(23-7-5-4-6-8-23,24-10-14-26(45-2)15-11-24)25-12-16-27(46-3)17-13-25/h4-8,10-17,21,28-30H,9,18-20H2,1-3H3,(H3,37,39,40,44)/t28-,29+,30+/m0/s1. The molecule has 0 bridgehead atoms. The Morgan fingerprint density at radius 2 is 1.55 bits per heavy atom. The van der Waals surface area contributed by atoms with E-state index in [0.717, 1.165) is 16.7 Å². The molecule has 254 valence electrons. The number of imidazole rings is 1. The highest BCUT2D eigenvalue weighted by molar-refractivity contribution is 5.81. The zero-order valence-electron chi connectivity index (χ0n) is 27.3. The Morgan fingerprint density at radius 1 is 0.939 bits per heavy atom. The molecule has 3 N–H and O–H groups in total. The van der Waals surface area contributed by atoms with Gasteiger partial charge in [-0.15, -0.1) is 0 Å². The summed E-state index contributed by atoms with van der Waals surface area (Å²) in [5, 5.41) is 0. The third-order valence-corrected chi connectivity index (χ3v) is 8.54. The number of anilines is 1. The molecular weight excluding hydrogens is 630 g/mol. The second-order valence-electron chi connectivity index (χ2n) is 11.7. The Morgan fingerprint density at radius 3 is 2.14 bits per heavy atom. The van der Waals surface area contributed by atoms with Gasteiger partial charge in [0.2, 0.25) is 5.95 Å². The summed E-state index contributed by atoms with van der Waals surface area (Å²) in [6.45, 7) is 1.39. The van der Waals surface area contributed by atoms with Crippen LogP contribution in [-0.4, -0.2) is 64.3 Å². The summed E-state index contributed by atoms with van der Waals surface area (Å²) in [4.78, 5) is 48.0. The Kier molecular flexibility index (Phi) is 9.74. The van der Waals surface area contributed by atoms with Crippen molar-refractivity contribution in [2.45, 2.75) is 50.2 Å². The van der Waals surface area contributed by atoms with Crippen LogP contribution in [-0.2, 0) is 29.4 Å². The molecule has 5 aromatic rings. The SMILES string of the molecule is COc1ccc(C(OC[C@H]2O[C@@H](n3cnc4c(=O)[nH]c(N)nc43)C[C@@H]2OC(=O)CCC(C)=O)(c2ccccc2)c2ccc(OC)cc2)cc1. The van der Waals surface area contributed by atoms with E-state index in [1.807, 2.05) is 78.9 Å². The minimum absolute atomic E-state index is 0.0309. The number of fused-ring (bicyclic) bond motifs is 1. The number of ether oxygens (including phenoxy) is 5. The molecule has 0 aliphatic carbocycles. The Labute approximate surface area is 281 Å². The molecule has 3 atom stereocenters. The van der Waals surface area contributed by atoms with Crippen LogP contribution in [0.2, 0.25) is 0 Å². The lowest BCUT2D eigenvalue weighted by atomic mass is 9.80. The number of esters is 1. The molecule has 1 aliphatic rings. The third-order valence-electron chi connectivity index (χ3n) is 8.54. The monoisotopic (exact) mass is 667 g/mol. The van der Waals surface area contributed by atoms with Crippen LogP contribution in [0.1, 0.15) is 49.1 Å². The average molecular weight is 668 g/mol. The maximum atomic E-state index is 12.9. The molecule has 13 nitrogen and oxygen atoms in total. The van der Waals surface area contributed by atoms with E-state index in [2.05, 4.69) is 15.0 Å². The van der Waals surface area contributed by atoms with Crippen LogP contribution in [0.5, 0.6) is 11.5 Å². The smallest absolute Gasteiger partial charge is 0.306 e. The maximum absolute atomic E-state index is 12.9. The lowest BCUT2D eigenvalue weighted by Crippen LogP contribution is -2.39. The molecule has 1 fully saturated rings. The van der Waals surface area contributed by atoms with Gasteiger partial charge in [0.05, 0.1) is 33.6 Å². The van der Waals surface area contributed by atoms with Crippen molar-refractivity contribution >= 4 is 28.9 Å². The van der Waals surface area contributed by atoms with E-state index >= 15 is 0 Å². The fourth-order valence-electron chi connectivity index (χ4n) is 6.09. The number of nitrogens with zero attached hydrogens (tertiary/aromatic N) is 3. The fourth-order valence-corrected chi connectivity index (χ4v) is 6.09. The molecule has 3 heterocycles. The number of aromatic amines is 1. The minimum atomic E-state index is -1.16. The highest BCUT2D eigenvalue weighted by atomic mass is 16.6. The first-order valence-corrected chi connectivity index (χ1v) is 15.8. The lowest BCUT2D eigenvalue weighted by molar-refractivity contribution is -0.156. The highest BCUT2D eigenvalue weighted by Gasteiger charge is 2.44. The van der Waals surface area contributed by atoms with Crippen molar-refractivity contribution in [2.24, 2.45) is 0 Å². The molecule has 0 amide bonds. The van der Waals surface area contributed by atoms with Gasteiger partial charge in [-0.05, 0) is 47.9 Å². The molecule has 0 radical (unpaired) electrons. The number of hydrogen-bond acceptors (Lipinski definition) is 11. The number of ketones is 1. The number of Topliss-reactive ketones (excluding diaryl/α,β-unsaturated/α-hetero) is 1. The predicted octanol–water partition coefficient (Wildman–Crippen LogP) is 4.30. The van der Waals surface area contributed by atoms with Crippen LogP contribution in [0.25, 0.3) is 11.2 Å². The molecule has 1 saturated heterocycles. The molecule has 49 heavy (non-hydrogen) atoms. The van der Waals surface area contributed by atoms with Gasteiger partial charge in [-0.3, -0.25) is 19.1 Å². The highest BCUT2D eigenvalue weighted by Crippen LogP contribution is 2.43. The zero-order chi connectivity index (χ0) is 34.5. The molecule has 13 heteroatoms. The van der Waals surface area contributed by atoms with Gasteiger partial charge in [0.15, 0.2) is 11.2 Å². The fraction of sp³-hybridized carbons (Fsp3) is 0.306. The molecule has 3 aromatic carbocycles. The molecule has 0 unspecified atom stereocenters. The summed E-state index contributed by atoms with van der Waals surface area (Å²) in [6, 6.07) is 25.0. The second-order valence-corrected chi connectivity index (χ2v) is 11.7. The van der Waals surface area contributed by atoms with Crippen LogP contribution < -0.4 is 20.8 Å². The average Bonchev–Trinajstić information content (AvgIpc) is 3.72. The number of nitrogens with two attached hydrogens (primary N) is 1. The summed E-state index contributed by atoms with van der Waals surface area (Å²) in [6.07, 6.45) is -0.658. The van der Waals surface area contributed by atoms with Gasteiger partial charge in [-0.1, -0.05) is 54.6 Å². The van der Waals surface area contributed by atoms with Crippen LogP contribution in [0.3, 0.4) is 0 Å². The summed E-state index contributed by atoms with van der Waals surface area (Å²) in [7, 11) is 3.21. The number of carbonyl (C=O) groups is 2. The number of methoxy groups -OCH3 is 2. The summed E-state index contributed by atoms with van der Waals surface area (Å²) in [5.74, 6) is 0.628. The third kappa shape index (κ3) is 6.89. The van der Waals surface area contributed by atoms with Crippen molar-refractivity contribution in [1.82, 2.24) is 19.5 Å². The maximum Gasteiger partial charge on any atom is 0.306 e. The molecule has 1 aliphatic heterocycles. The number of H-pyrrole nitrogens is 1. The Hall–Kier alpha value is -5.53. The number of nitrogens with one attached hydrogen (secondary N) is 1. The first-order chi connectivity index (χ1) is 23.7. The van der Waals surface area contributed by atoms with Crippen molar-refractivity contribution in [3.05, 3.63) is 112 Å². The van der Waals surface area contributed by atoms with Gasteiger partial charge in [0, 0.05) is 12.8 Å². The van der Waals surface area contributed by atoms with Crippen molar-refractivity contribution < 1.29 is 33.3 Å². The van der Waals surface area contributed by atoms with E-state index in [4.69, 9.17) is 29.4 Å². The van der Waals surface area contributed by atoms with Gasteiger partial charge < -0.3 is 34.2 Å². The van der Waals surface area contributed by atoms with E-state index in [1.54, 1.807) is 18.8 Å². The first-order valence-electron chi connectivity index (χ1n) is 15.8. The van der Waals surface area contributed by atoms with Gasteiger partial charge in [0.1, 0.15) is 41.3 Å². The number of aromatic nitrogens is 4. The van der Waals surface area contributed by atoms with Crippen molar-refractivity contribution in [3.8, 4) is 11.5 Å². The van der Waals surface area contributed by atoms with E-state index in [1.165, 1.54) is 13.3 Å². The van der Waals surface area contributed by atoms with Gasteiger partial charge in [-0.2, -0.15) is 4.98 Å². The van der Waals surface area contributed by atoms with Crippen LogP contribution in [0, 0.1) is 0 Å². The van der Waals surface area contributed by atoms with E-state index < -0.39 is 35.6 Å². The van der Waals surface area contributed by atoms with Crippen LogP contribution >= 0.6 is 0 Å². The molecule has 0 spiro atoms. The van der Waals surface area contributed by atoms with Gasteiger partial charge in [0.25, 0.3) is 5.56 Å². The molecule has 6 rings (SSSR count). The molecule has 2 aromatic heterocycles. The minimum Gasteiger partial charge on any atom is -0.497 e. The predicted molar refractivity (Wildman–Crippen MR) is 179 cm³/mol. The first kappa shape index (κ1) is 33.4. The molecule has 0 saturated carbocycles. The summed E-state index contributed by atoms with van der Waals surface area (Å²) < 4.78 is 32.0. The van der Waals surface area contributed by atoms with E-state index in [9.17, 15) is 14.4 Å². The second kappa shape index (κ2) is 14.3. The van der Waals surface area contributed by atoms with Crippen molar-refractivity contribution in [3.63, 3.8) is 0 Å². The van der Waals surface area contributed by atoms with Gasteiger partial charge >= 0.3 is 5.97 Å². The molecular formula is C36H37N5O8. The summed E-state index contributed by atoms with van der Waals surface area (Å²) in [5.41, 5.74) is 6.99. The quantitative estimate of drug-likeness (QED) is 0.136. The Bertz CT molecular complexity index is 1930. The van der Waals surface area contributed by atoms with Gasteiger partial charge in [-0.25, -0.2) is 4.98 Å². The number of nitrogen functional groups attached to an aromatic ring is 1. The largest absolute Gasteiger partial charge is 0.497 e. The zero-order valence-corrected chi connectivity index (χ0v) is 27.3. The number of hydrogen-bond donors (Lipinski definition) is 2. The lowest BCUT2D eigenvalue weighted by Gasteiger charge is -2.37. The van der Waals surface area contributed by atoms with E-state index in [0.29, 0.717) is 11.5 Å². The topological polar surface area (TPSA) is 170 Å². The van der Waals surface area contributed by atoms with Crippen LogP contribution in [0.15, 0.2) is 90.0 Å². The van der Waals surface area contributed by atoms with Crippen molar-refractivity contribution in [1.29, 1.82) is 0 Å². The Balaban J connectivity index is 1.40. The number of rotatable bonds is 13. The summed E-state index contributed by atoms with van der Waals surface area (Å²) >= 11 is 0. The number of carbonyl (C=O) groups excluding carboxylic acids is 2.